The van der Waals surface area contributed by atoms with E-state index in [4.69, 9.17) is 4.74 Å². The molecule has 3 unspecified atom stereocenters. The summed E-state index contributed by atoms with van der Waals surface area (Å²) in [6.07, 6.45) is 2.74. The first-order valence-electron chi connectivity index (χ1n) is 6.51. The Hall–Kier alpha value is -0.580. The van der Waals surface area contributed by atoms with Gasteiger partial charge >= 0.3 is 0 Å². The van der Waals surface area contributed by atoms with Crippen LogP contribution in [0.4, 0.5) is 5.69 Å². The molecule has 0 spiro atoms. The lowest BCUT2D eigenvalue weighted by Gasteiger charge is -2.34. The van der Waals surface area contributed by atoms with Crippen LogP contribution in [0.2, 0.25) is 0 Å². The van der Waals surface area contributed by atoms with Crippen LogP contribution in [0.3, 0.4) is 0 Å². The van der Waals surface area contributed by atoms with E-state index in [1.165, 1.54) is 18.5 Å². The SMILES string of the molecule is CC(O)c1ccc(N2CC3CCC(C2)O3)c(Br)c1. The normalized spacial score (nSPS) is 28.5. The van der Waals surface area contributed by atoms with E-state index in [1.807, 2.05) is 12.1 Å². The summed E-state index contributed by atoms with van der Waals surface area (Å²) in [6, 6.07) is 6.11. The van der Waals surface area contributed by atoms with Crippen molar-refractivity contribution >= 4 is 21.6 Å². The minimum atomic E-state index is -0.420. The summed E-state index contributed by atoms with van der Waals surface area (Å²) in [5.74, 6) is 0. The van der Waals surface area contributed by atoms with E-state index >= 15 is 0 Å². The molecule has 4 heteroatoms. The molecule has 3 nitrogen and oxygen atoms in total. The van der Waals surface area contributed by atoms with Gasteiger partial charge in [0.25, 0.3) is 0 Å². The van der Waals surface area contributed by atoms with E-state index < -0.39 is 6.10 Å². The fraction of sp³-hybridized carbons (Fsp3) is 0.571. The lowest BCUT2D eigenvalue weighted by Crippen LogP contribution is -2.42. The quantitative estimate of drug-likeness (QED) is 0.911. The zero-order valence-corrected chi connectivity index (χ0v) is 12.1. The number of hydrogen-bond donors (Lipinski definition) is 1. The van der Waals surface area contributed by atoms with Crippen LogP contribution in [0.15, 0.2) is 22.7 Å². The zero-order chi connectivity index (χ0) is 12.7. The van der Waals surface area contributed by atoms with Gasteiger partial charge in [0, 0.05) is 17.6 Å². The molecule has 98 valence electrons. The molecule has 0 radical (unpaired) electrons. The maximum Gasteiger partial charge on any atom is 0.0762 e. The Balaban J connectivity index is 1.84. The van der Waals surface area contributed by atoms with Gasteiger partial charge in [0.05, 0.1) is 24.0 Å². The van der Waals surface area contributed by atoms with Gasteiger partial charge in [-0.1, -0.05) is 6.07 Å². The maximum absolute atomic E-state index is 9.59. The largest absolute Gasteiger partial charge is 0.389 e. The fourth-order valence-electron chi connectivity index (χ4n) is 2.85. The molecule has 2 saturated heterocycles. The number of anilines is 1. The third-order valence-electron chi connectivity index (χ3n) is 3.84. The highest BCUT2D eigenvalue weighted by molar-refractivity contribution is 9.10. The Labute approximate surface area is 116 Å². The molecule has 2 heterocycles. The summed E-state index contributed by atoms with van der Waals surface area (Å²) in [4.78, 5) is 2.39. The molecule has 2 fully saturated rings. The number of benzene rings is 1. The number of ether oxygens (including phenoxy) is 1. The van der Waals surface area contributed by atoms with E-state index in [0.717, 1.165) is 23.1 Å². The van der Waals surface area contributed by atoms with Gasteiger partial charge in [-0.2, -0.15) is 0 Å². The Morgan fingerprint density at radius 1 is 1.33 bits per heavy atom. The summed E-state index contributed by atoms with van der Waals surface area (Å²) >= 11 is 3.62. The molecule has 2 bridgehead atoms. The Bertz CT molecular complexity index is 437. The van der Waals surface area contributed by atoms with Gasteiger partial charge in [-0.05, 0) is 53.4 Å². The van der Waals surface area contributed by atoms with Crippen LogP contribution in [0, 0.1) is 0 Å². The molecule has 1 aromatic carbocycles. The molecule has 0 saturated carbocycles. The topological polar surface area (TPSA) is 32.7 Å². The summed E-state index contributed by atoms with van der Waals surface area (Å²) in [5, 5.41) is 9.59. The van der Waals surface area contributed by atoms with Crippen molar-refractivity contribution in [3.05, 3.63) is 28.2 Å². The van der Waals surface area contributed by atoms with Crippen LogP contribution in [-0.2, 0) is 4.74 Å². The van der Waals surface area contributed by atoms with Crippen molar-refractivity contribution in [2.45, 2.75) is 38.1 Å². The monoisotopic (exact) mass is 311 g/mol. The molecule has 2 aliphatic rings. The van der Waals surface area contributed by atoms with Gasteiger partial charge in [0.2, 0.25) is 0 Å². The molecule has 0 aliphatic carbocycles. The van der Waals surface area contributed by atoms with Crippen LogP contribution in [0.5, 0.6) is 0 Å². The van der Waals surface area contributed by atoms with E-state index in [2.05, 4.69) is 26.9 Å². The second-order valence-corrected chi connectivity index (χ2v) is 6.10. The maximum atomic E-state index is 9.59. The minimum Gasteiger partial charge on any atom is -0.389 e. The van der Waals surface area contributed by atoms with Crippen molar-refractivity contribution in [2.75, 3.05) is 18.0 Å². The van der Waals surface area contributed by atoms with Gasteiger partial charge in [-0.3, -0.25) is 0 Å². The molecular formula is C14H18BrNO2. The van der Waals surface area contributed by atoms with Crippen molar-refractivity contribution in [3.8, 4) is 0 Å². The minimum absolute atomic E-state index is 0.395. The number of aliphatic hydroxyl groups excluding tert-OH is 1. The first kappa shape index (κ1) is 12.5. The van der Waals surface area contributed by atoms with Crippen molar-refractivity contribution in [1.29, 1.82) is 0 Å². The highest BCUT2D eigenvalue weighted by atomic mass is 79.9. The zero-order valence-electron chi connectivity index (χ0n) is 10.5. The predicted octanol–water partition coefficient (Wildman–Crippen LogP) is 2.87. The molecule has 3 rings (SSSR count). The van der Waals surface area contributed by atoms with Crippen LogP contribution in [0.25, 0.3) is 0 Å². The number of hydrogen-bond acceptors (Lipinski definition) is 3. The average molecular weight is 312 g/mol. The molecule has 18 heavy (non-hydrogen) atoms. The first-order valence-corrected chi connectivity index (χ1v) is 7.30. The highest BCUT2D eigenvalue weighted by Crippen LogP contribution is 2.34. The highest BCUT2D eigenvalue weighted by Gasteiger charge is 2.34. The third-order valence-corrected chi connectivity index (χ3v) is 4.47. The fourth-order valence-corrected chi connectivity index (χ4v) is 3.50. The number of morpholine rings is 1. The molecule has 1 aromatic rings. The van der Waals surface area contributed by atoms with Crippen LogP contribution >= 0.6 is 15.9 Å². The Morgan fingerprint density at radius 2 is 2.00 bits per heavy atom. The van der Waals surface area contributed by atoms with Crippen molar-refractivity contribution in [1.82, 2.24) is 0 Å². The molecule has 0 amide bonds. The summed E-state index contributed by atoms with van der Waals surface area (Å²) in [6.45, 7) is 3.74. The van der Waals surface area contributed by atoms with Gasteiger partial charge in [0.15, 0.2) is 0 Å². The Kier molecular flexibility index (Phi) is 3.34. The average Bonchev–Trinajstić information content (AvgIpc) is 2.68. The Morgan fingerprint density at radius 3 is 2.56 bits per heavy atom. The summed E-state index contributed by atoms with van der Waals surface area (Å²) < 4.78 is 6.91. The van der Waals surface area contributed by atoms with Gasteiger partial charge in [0.1, 0.15) is 0 Å². The number of fused-ring (bicyclic) bond motifs is 2. The lowest BCUT2D eigenvalue weighted by molar-refractivity contribution is 0.0304. The summed E-state index contributed by atoms with van der Waals surface area (Å²) in [5.41, 5.74) is 2.15. The number of nitrogens with zero attached hydrogens (tertiary/aromatic N) is 1. The van der Waals surface area contributed by atoms with E-state index in [9.17, 15) is 5.11 Å². The van der Waals surface area contributed by atoms with Gasteiger partial charge < -0.3 is 14.7 Å². The molecule has 3 atom stereocenters. The van der Waals surface area contributed by atoms with Gasteiger partial charge in [-0.15, -0.1) is 0 Å². The van der Waals surface area contributed by atoms with Crippen molar-refractivity contribution < 1.29 is 9.84 Å². The van der Waals surface area contributed by atoms with Crippen molar-refractivity contribution in [3.63, 3.8) is 0 Å². The number of rotatable bonds is 2. The van der Waals surface area contributed by atoms with E-state index in [1.54, 1.807) is 6.92 Å². The summed E-state index contributed by atoms with van der Waals surface area (Å²) in [7, 11) is 0. The first-order chi connectivity index (χ1) is 8.63. The number of aliphatic hydroxyl groups is 1. The van der Waals surface area contributed by atoms with E-state index in [0.29, 0.717) is 12.2 Å². The van der Waals surface area contributed by atoms with E-state index in [-0.39, 0.29) is 0 Å². The molecule has 2 aliphatic heterocycles. The van der Waals surface area contributed by atoms with Gasteiger partial charge in [-0.25, -0.2) is 0 Å². The standard InChI is InChI=1S/C14H18BrNO2/c1-9(17)10-2-5-14(13(15)6-10)16-7-11-3-4-12(8-16)18-11/h2,5-6,9,11-12,17H,3-4,7-8H2,1H3. The van der Waals surface area contributed by atoms with Crippen LogP contribution < -0.4 is 4.90 Å². The smallest absolute Gasteiger partial charge is 0.0762 e. The molecular weight excluding hydrogens is 294 g/mol. The lowest BCUT2D eigenvalue weighted by atomic mass is 10.1. The van der Waals surface area contributed by atoms with Crippen LogP contribution in [-0.4, -0.2) is 30.4 Å². The van der Waals surface area contributed by atoms with Crippen LogP contribution in [0.1, 0.15) is 31.4 Å². The third kappa shape index (κ3) is 2.29. The second kappa shape index (κ2) is 4.83. The second-order valence-electron chi connectivity index (χ2n) is 5.25. The molecule has 1 N–H and O–H groups in total. The molecule has 0 aromatic heterocycles. The number of halogens is 1. The predicted molar refractivity (Wildman–Crippen MR) is 74.9 cm³/mol. The van der Waals surface area contributed by atoms with Crippen molar-refractivity contribution in [2.24, 2.45) is 0 Å².